The Bertz CT molecular complexity index is 1400. The van der Waals surface area contributed by atoms with E-state index in [2.05, 4.69) is 104 Å². The highest BCUT2D eigenvalue weighted by molar-refractivity contribution is 6.99. The molecule has 4 aromatic rings. The molecule has 1 N–H and O–H groups in total. The van der Waals surface area contributed by atoms with Crippen LogP contribution in [0.4, 0.5) is 4.79 Å². The molecule has 3 aromatic carbocycles. The zero-order valence-corrected chi connectivity index (χ0v) is 27.5. The van der Waals surface area contributed by atoms with Gasteiger partial charge in [-0.3, -0.25) is 0 Å². The smallest absolute Gasteiger partial charge is 0.408 e. The van der Waals surface area contributed by atoms with Crippen molar-refractivity contribution >= 4 is 24.8 Å². The summed E-state index contributed by atoms with van der Waals surface area (Å²) >= 11 is 0. The number of aryl methyl sites for hydroxylation is 1. The SMILES string of the molecule is CCc1ccc(C[C@H](OC(=O)NC(C)(C)C)c2nnc(CCO[Si](c3ccccc3)(c3ccccc3)C(C)(C)C)o2)cc1. The summed E-state index contributed by atoms with van der Waals surface area (Å²) in [5.41, 5.74) is 1.82. The Morgan fingerprint density at radius 2 is 1.40 bits per heavy atom. The molecule has 0 aliphatic heterocycles. The molecule has 0 saturated heterocycles. The van der Waals surface area contributed by atoms with Crippen LogP contribution in [0.2, 0.25) is 5.04 Å². The Morgan fingerprint density at radius 1 is 0.837 bits per heavy atom. The van der Waals surface area contributed by atoms with E-state index in [1.165, 1.54) is 15.9 Å². The van der Waals surface area contributed by atoms with Gasteiger partial charge >= 0.3 is 6.09 Å². The molecule has 1 heterocycles. The minimum absolute atomic E-state index is 0.137. The molecule has 1 aromatic heterocycles. The number of rotatable bonds is 11. The molecule has 0 aliphatic rings. The van der Waals surface area contributed by atoms with Crippen LogP contribution in [0.5, 0.6) is 0 Å². The van der Waals surface area contributed by atoms with Crippen molar-refractivity contribution in [2.24, 2.45) is 0 Å². The van der Waals surface area contributed by atoms with E-state index < -0.39 is 26.1 Å². The van der Waals surface area contributed by atoms with E-state index in [0.717, 1.165) is 12.0 Å². The van der Waals surface area contributed by atoms with Gasteiger partial charge in [-0.25, -0.2) is 4.79 Å². The van der Waals surface area contributed by atoms with Crippen molar-refractivity contribution in [1.82, 2.24) is 15.5 Å². The van der Waals surface area contributed by atoms with Crippen LogP contribution in [0.1, 0.15) is 77.5 Å². The molecule has 4 rings (SSSR count). The van der Waals surface area contributed by atoms with Gasteiger partial charge in [0.25, 0.3) is 14.2 Å². The molecule has 8 heteroatoms. The number of alkyl carbamates (subject to hydrolysis) is 1. The minimum Gasteiger partial charge on any atom is -0.436 e. The molecule has 0 unspecified atom stereocenters. The van der Waals surface area contributed by atoms with Gasteiger partial charge in [0.1, 0.15) is 0 Å². The van der Waals surface area contributed by atoms with Crippen molar-refractivity contribution < 1.29 is 18.4 Å². The Balaban J connectivity index is 1.55. The average molecular weight is 600 g/mol. The molecule has 228 valence electrons. The molecule has 0 spiro atoms. The van der Waals surface area contributed by atoms with Gasteiger partial charge in [0.15, 0.2) is 6.10 Å². The van der Waals surface area contributed by atoms with E-state index in [9.17, 15) is 4.79 Å². The summed E-state index contributed by atoms with van der Waals surface area (Å²) in [6.07, 6.45) is 0.550. The van der Waals surface area contributed by atoms with E-state index in [1.807, 2.05) is 45.0 Å². The van der Waals surface area contributed by atoms with Gasteiger partial charge in [0, 0.05) is 25.0 Å². The first-order valence-electron chi connectivity index (χ1n) is 15.0. The van der Waals surface area contributed by atoms with Gasteiger partial charge in [-0.05, 0) is 53.7 Å². The zero-order chi connectivity index (χ0) is 31.1. The van der Waals surface area contributed by atoms with Crippen LogP contribution in [0.15, 0.2) is 89.3 Å². The van der Waals surface area contributed by atoms with E-state index in [4.69, 9.17) is 13.6 Å². The van der Waals surface area contributed by atoms with Gasteiger partial charge in [-0.15, -0.1) is 10.2 Å². The fraction of sp³-hybridized carbons (Fsp3) is 0.400. The molecule has 0 bridgehead atoms. The Hall–Kier alpha value is -3.75. The average Bonchev–Trinajstić information content (AvgIpc) is 3.44. The van der Waals surface area contributed by atoms with Crippen molar-refractivity contribution in [1.29, 1.82) is 0 Å². The lowest BCUT2D eigenvalue weighted by Crippen LogP contribution is -2.66. The lowest BCUT2D eigenvalue weighted by molar-refractivity contribution is 0.0749. The molecule has 43 heavy (non-hydrogen) atoms. The monoisotopic (exact) mass is 599 g/mol. The van der Waals surface area contributed by atoms with Gasteiger partial charge in [-0.1, -0.05) is 113 Å². The summed E-state index contributed by atoms with van der Waals surface area (Å²) in [6, 6.07) is 29.3. The van der Waals surface area contributed by atoms with Gasteiger partial charge in [-0.2, -0.15) is 0 Å². The number of nitrogens with one attached hydrogen (secondary N) is 1. The Morgan fingerprint density at radius 3 is 1.91 bits per heavy atom. The van der Waals surface area contributed by atoms with Crippen LogP contribution in [0.25, 0.3) is 0 Å². The van der Waals surface area contributed by atoms with Crippen LogP contribution >= 0.6 is 0 Å². The highest BCUT2D eigenvalue weighted by Gasteiger charge is 2.50. The second kappa shape index (κ2) is 13.7. The summed E-state index contributed by atoms with van der Waals surface area (Å²) in [6.45, 7) is 15.0. The molecule has 0 saturated carbocycles. The number of aromatic nitrogens is 2. The fourth-order valence-electron chi connectivity index (χ4n) is 5.32. The number of carbonyl (C=O) groups excluding carboxylic acids is 1. The maximum absolute atomic E-state index is 12.7. The zero-order valence-electron chi connectivity index (χ0n) is 26.5. The molecule has 7 nitrogen and oxygen atoms in total. The lowest BCUT2D eigenvalue weighted by atomic mass is 10.0. The van der Waals surface area contributed by atoms with E-state index in [-0.39, 0.29) is 10.9 Å². The fourth-order valence-corrected chi connectivity index (χ4v) is 9.88. The Kier molecular flexibility index (Phi) is 10.2. The molecular weight excluding hydrogens is 554 g/mol. The van der Waals surface area contributed by atoms with E-state index in [0.29, 0.717) is 25.3 Å². The van der Waals surface area contributed by atoms with Crippen molar-refractivity contribution in [3.63, 3.8) is 0 Å². The molecule has 0 aliphatic carbocycles. The molecule has 1 amide bonds. The maximum atomic E-state index is 12.7. The first-order valence-corrected chi connectivity index (χ1v) is 17.0. The summed E-state index contributed by atoms with van der Waals surface area (Å²) < 4.78 is 18.9. The third-order valence-electron chi connectivity index (χ3n) is 7.39. The second-order valence-electron chi connectivity index (χ2n) is 12.9. The third kappa shape index (κ3) is 8.21. The number of ether oxygens (including phenoxy) is 1. The van der Waals surface area contributed by atoms with Crippen LogP contribution in [0.3, 0.4) is 0 Å². The first-order chi connectivity index (χ1) is 20.4. The number of hydrogen-bond donors (Lipinski definition) is 1. The van der Waals surface area contributed by atoms with Crippen LogP contribution in [0, 0.1) is 0 Å². The number of hydrogen-bond acceptors (Lipinski definition) is 6. The first kappa shape index (κ1) is 32.2. The van der Waals surface area contributed by atoms with Gasteiger partial charge in [0.05, 0.1) is 0 Å². The predicted molar refractivity (Wildman–Crippen MR) is 173 cm³/mol. The summed E-state index contributed by atoms with van der Waals surface area (Å²) in [7, 11) is -2.69. The number of nitrogens with zero attached hydrogens (tertiary/aromatic N) is 2. The molecule has 0 radical (unpaired) electrons. The Labute approximate surface area is 257 Å². The molecule has 1 atom stereocenters. The van der Waals surface area contributed by atoms with E-state index >= 15 is 0 Å². The third-order valence-corrected chi connectivity index (χ3v) is 12.4. The van der Waals surface area contributed by atoms with E-state index in [1.54, 1.807) is 0 Å². The second-order valence-corrected chi connectivity index (χ2v) is 17.2. The number of benzene rings is 3. The number of amides is 1. The highest BCUT2D eigenvalue weighted by Crippen LogP contribution is 2.36. The summed E-state index contributed by atoms with van der Waals surface area (Å²) in [5, 5.41) is 13.8. The van der Waals surface area contributed by atoms with Crippen molar-refractivity contribution in [2.75, 3.05) is 6.61 Å². The highest BCUT2D eigenvalue weighted by atomic mass is 28.4. The van der Waals surface area contributed by atoms with Crippen LogP contribution in [-0.4, -0.2) is 36.8 Å². The maximum Gasteiger partial charge on any atom is 0.408 e. The standard InChI is InChI=1S/C35H45N3O4Si/c1-8-26-19-21-27(22-20-26)25-30(41-33(39)36-34(2,3)4)32-38-37-31(42-32)23-24-40-43(35(5,6)7,28-15-11-9-12-16-28)29-17-13-10-14-18-29/h9-22,30H,8,23-25H2,1-7H3,(H,36,39)/t30-/m0/s1. The molecular formula is C35H45N3O4Si. The quantitative estimate of drug-likeness (QED) is 0.197. The van der Waals surface area contributed by atoms with Crippen molar-refractivity contribution in [3.8, 4) is 0 Å². The largest absolute Gasteiger partial charge is 0.436 e. The van der Waals surface area contributed by atoms with Crippen LogP contribution < -0.4 is 15.7 Å². The normalized spacial score (nSPS) is 13.0. The van der Waals surface area contributed by atoms with Crippen molar-refractivity contribution in [2.45, 2.75) is 84.4 Å². The topological polar surface area (TPSA) is 86.5 Å². The minimum atomic E-state index is -2.69. The van der Waals surface area contributed by atoms with Crippen molar-refractivity contribution in [3.05, 3.63) is 108 Å². The summed E-state index contributed by atoms with van der Waals surface area (Å²) in [5.74, 6) is 0.711. The number of carbonyl (C=O) groups is 1. The predicted octanol–water partition coefficient (Wildman–Crippen LogP) is 6.56. The lowest BCUT2D eigenvalue weighted by Gasteiger charge is -2.43. The van der Waals surface area contributed by atoms with Gasteiger partial charge in [0.2, 0.25) is 5.89 Å². The van der Waals surface area contributed by atoms with Gasteiger partial charge < -0.3 is 18.9 Å². The molecule has 0 fully saturated rings. The summed E-state index contributed by atoms with van der Waals surface area (Å²) in [4.78, 5) is 12.7. The van der Waals surface area contributed by atoms with Crippen LogP contribution in [-0.2, 0) is 28.4 Å².